The largest absolute Gasteiger partial charge is 0.461 e. The molecule has 1 fully saturated rings. The first-order valence-electron chi connectivity index (χ1n) is 10.4. The van der Waals surface area contributed by atoms with E-state index in [1.54, 1.807) is 12.1 Å². The van der Waals surface area contributed by atoms with Crippen molar-refractivity contribution >= 4 is 5.97 Å². The molecule has 0 aliphatic heterocycles. The topological polar surface area (TPSA) is 50.1 Å². The number of carbonyl (C=O) groups is 1. The van der Waals surface area contributed by atoms with Crippen molar-refractivity contribution in [2.45, 2.75) is 64.4 Å². The first kappa shape index (κ1) is 20.1. The normalized spacial score (nSPS) is 19.0. The van der Waals surface area contributed by atoms with Gasteiger partial charge in [0.1, 0.15) is 6.61 Å². The van der Waals surface area contributed by atoms with Gasteiger partial charge < -0.3 is 4.74 Å². The van der Waals surface area contributed by atoms with Gasteiger partial charge in [-0.2, -0.15) is 5.26 Å². The molecule has 3 rings (SSSR count). The van der Waals surface area contributed by atoms with E-state index in [4.69, 9.17) is 10.00 Å². The molecule has 0 bridgehead atoms. The summed E-state index contributed by atoms with van der Waals surface area (Å²) in [5.41, 5.74) is 3.90. The van der Waals surface area contributed by atoms with Gasteiger partial charge in [0.05, 0.1) is 18.1 Å². The minimum absolute atomic E-state index is 0.225. The van der Waals surface area contributed by atoms with E-state index in [0.29, 0.717) is 17.9 Å². The van der Waals surface area contributed by atoms with E-state index in [0.717, 1.165) is 17.0 Å². The Bertz CT molecular complexity index is 794. The zero-order valence-corrected chi connectivity index (χ0v) is 16.7. The van der Waals surface area contributed by atoms with Crippen LogP contribution in [0.4, 0.5) is 0 Å². The molecule has 0 N–H and O–H groups in total. The van der Waals surface area contributed by atoms with Gasteiger partial charge in [-0.25, -0.2) is 0 Å². The van der Waals surface area contributed by atoms with E-state index >= 15 is 0 Å². The molecule has 28 heavy (non-hydrogen) atoms. The number of carbonyl (C=O) groups excluding carboxylic acids is 1. The summed E-state index contributed by atoms with van der Waals surface area (Å²) in [6.07, 6.45) is 8.23. The molecule has 0 spiro atoms. The van der Waals surface area contributed by atoms with Crippen molar-refractivity contribution in [2.75, 3.05) is 0 Å². The van der Waals surface area contributed by atoms with Crippen LogP contribution in [0.25, 0.3) is 0 Å². The Morgan fingerprint density at radius 3 is 2.25 bits per heavy atom. The maximum Gasteiger partial charge on any atom is 0.310 e. The van der Waals surface area contributed by atoms with Crippen molar-refractivity contribution in [3.63, 3.8) is 0 Å². The first-order valence-corrected chi connectivity index (χ1v) is 10.4. The molecule has 2 aromatic carbocycles. The van der Waals surface area contributed by atoms with Gasteiger partial charge in [0.2, 0.25) is 0 Å². The smallest absolute Gasteiger partial charge is 0.310 e. The van der Waals surface area contributed by atoms with Crippen molar-refractivity contribution in [1.29, 1.82) is 5.26 Å². The summed E-state index contributed by atoms with van der Waals surface area (Å²) in [4.78, 5) is 12.1. The molecule has 146 valence electrons. The number of benzene rings is 2. The molecule has 1 aliphatic rings. The summed E-state index contributed by atoms with van der Waals surface area (Å²) in [6.45, 7) is 2.52. The van der Waals surface area contributed by atoms with Crippen LogP contribution < -0.4 is 0 Å². The number of ether oxygens (including phenoxy) is 1. The number of rotatable bonds is 7. The summed E-state index contributed by atoms with van der Waals surface area (Å²) in [5, 5.41) is 8.81. The number of nitrogens with zero attached hydrogens (tertiary/aromatic N) is 1. The molecule has 0 heterocycles. The molecule has 1 saturated carbocycles. The fraction of sp³-hybridized carbons (Fsp3) is 0.440. The molecular formula is C25H29NO2. The Balaban J connectivity index is 1.46. The Morgan fingerprint density at radius 1 is 1.00 bits per heavy atom. The van der Waals surface area contributed by atoms with Crippen LogP contribution in [-0.2, 0) is 22.6 Å². The van der Waals surface area contributed by atoms with Gasteiger partial charge in [0, 0.05) is 0 Å². The minimum atomic E-state index is -0.225. The highest BCUT2D eigenvalue weighted by Crippen LogP contribution is 2.37. The summed E-state index contributed by atoms with van der Waals surface area (Å²) in [6, 6.07) is 17.7. The highest BCUT2D eigenvalue weighted by molar-refractivity contribution is 5.72. The van der Waals surface area contributed by atoms with Gasteiger partial charge in [0.25, 0.3) is 0 Å². The van der Waals surface area contributed by atoms with Crippen molar-refractivity contribution < 1.29 is 9.53 Å². The van der Waals surface area contributed by atoms with E-state index in [9.17, 15) is 4.79 Å². The molecule has 0 saturated heterocycles. The predicted molar refractivity (Wildman–Crippen MR) is 111 cm³/mol. The lowest BCUT2D eigenvalue weighted by atomic mass is 9.77. The van der Waals surface area contributed by atoms with Crippen LogP contribution in [-0.4, -0.2) is 5.97 Å². The van der Waals surface area contributed by atoms with Crippen LogP contribution in [0.3, 0.4) is 0 Å². The maximum absolute atomic E-state index is 12.1. The molecule has 0 atom stereocenters. The van der Waals surface area contributed by atoms with E-state index in [1.165, 1.54) is 44.1 Å². The van der Waals surface area contributed by atoms with Crippen LogP contribution in [0.15, 0.2) is 48.5 Å². The monoisotopic (exact) mass is 375 g/mol. The maximum atomic E-state index is 12.1. The molecule has 1 aliphatic carbocycles. The average Bonchev–Trinajstić information content (AvgIpc) is 2.74. The summed E-state index contributed by atoms with van der Waals surface area (Å²) in [7, 11) is 0. The Hall–Kier alpha value is -2.60. The Kier molecular flexibility index (Phi) is 7.25. The zero-order chi connectivity index (χ0) is 19.8. The van der Waals surface area contributed by atoms with Crippen LogP contribution in [0.5, 0.6) is 0 Å². The fourth-order valence-electron chi connectivity index (χ4n) is 4.16. The molecule has 2 aromatic rings. The fourth-order valence-corrected chi connectivity index (χ4v) is 4.16. The highest BCUT2D eigenvalue weighted by Gasteiger charge is 2.21. The SMILES string of the molecule is CCC[C@H]1CC[C@H](c2ccc(CC(=O)OCc3ccc(C#N)cc3)cc2)CC1. The average molecular weight is 376 g/mol. The van der Waals surface area contributed by atoms with Gasteiger partial charge in [-0.1, -0.05) is 56.2 Å². The Morgan fingerprint density at radius 2 is 1.64 bits per heavy atom. The quantitative estimate of drug-likeness (QED) is 0.565. The van der Waals surface area contributed by atoms with Gasteiger partial charge in [-0.15, -0.1) is 0 Å². The van der Waals surface area contributed by atoms with Crippen molar-refractivity contribution in [1.82, 2.24) is 0 Å². The van der Waals surface area contributed by atoms with Gasteiger partial charge in [0.15, 0.2) is 0 Å². The second-order valence-electron chi connectivity index (χ2n) is 7.89. The van der Waals surface area contributed by atoms with Gasteiger partial charge >= 0.3 is 5.97 Å². The van der Waals surface area contributed by atoms with Crippen LogP contribution >= 0.6 is 0 Å². The molecular weight excluding hydrogens is 346 g/mol. The van der Waals surface area contributed by atoms with E-state index in [2.05, 4.69) is 37.3 Å². The number of nitriles is 1. The third-order valence-corrected chi connectivity index (χ3v) is 5.83. The van der Waals surface area contributed by atoms with Crippen LogP contribution in [0.1, 0.15) is 73.6 Å². The summed E-state index contributed by atoms with van der Waals surface area (Å²) >= 11 is 0. The lowest BCUT2D eigenvalue weighted by Gasteiger charge is -2.28. The van der Waals surface area contributed by atoms with Crippen molar-refractivity contribution in [3.8, 4) is 6.07 Å². The molecule has 3 heteroatoms. The molecule has 0 radical (unpaired) electrons. The van der Waals surface area contributed by atoms with Gasteiger partial charge in [-0.3, -0.25) is 4.79 Å². The predicted octanol–water partition coefficient (Wildman–Crippen LogP) is 5.92. The third kappa shape index (κ3) is 5.70. The molecule has 3 nitrogen and oxygen atoms in total. The number of esters is 1. The highest BCUT2D eigenvalue weighted by atomic mass is 16.5. The van der Waals surface area contributed by atoms with E-state index in [-0.39, 0.29) is 12.6 Å². The molecule has 0 unspecified atom stereocenters. The van der Waals surface area contributed by atoms with Crippen molar-refractivity contribution in [2.24, 2.45) is 5.92 Å². The van der Waals surface area contributed by atoms with Crippen LogP contribution in [0, 0.1) is 17.2 Å². The van der Waals surface area contributed by atoms with Crippen LogP contribution in [0.2, 0.25) is 0 Å². The summed E-state index contributed by atoms with van der Waals surface area (Å²) in [5.74, 6) is 1.37. The lowest BCUT2D eigenvalue weighted by molar-refractivity contribution is -0.144. The molecule has 0 aromatic heterocycles. The van der Waals surface area contributed by atoms with E-state index < -0.39 is 0 Å². The summed E-state index contributed by atoms with van der Waals surface area (Å²) < 4.78 is 5.36. The second-order valence-corrected chi connectivity index (χ2v) is 7.89. The number of hydrogen-bond donors (Lipinski definition) is 0. The van der Waals surface area contributed by atoms with Crippen molar-refractivity contribution in [3.05, 3.63) is 70.8 Å². The third-order valence-electron chi connectivity index (χ3n) is 5.83. The standard InChI is InChI=1S/C25H29NO2/c1-2-3-19-8-12-23(13-9-19)24-14-10-20(11-15-24)16-25(27)28-18-22-6-4-21(17-26)5-7-22/h4-7,10-11,14-15,19,23H,2-3,8-9,12-13,16,18H2,1H3/t19-,23-. The Labute approximate surface area is 168 Å². The number of hydrogen-bond acceptors (Lipinski definition) is 3. The first-order chi connectivity index (χ1) is 13.7. The second kappa shape index (κ2) is 10.1. The van der Waals surface area contributed by atoms with E-state index in [1.807, 2.05) is 12.1 Å². The lowest BCUT2D eigenvalue weighted by Crippen LogP contribution is -2.13. The minimum Gasteiger partial charge on any atom is -0.461 e. The zero-order valence-electron chi connectivity index (χ0n) is 16.7. The van der Waals surface area contributed by atoms with Gasteiger partial charge in [-0.05, 0) is 66.3 Å². The molecule has 0 amide bonds.